The Labute approximate surface area is 859 Å². The van der Waals surface area contributed by atoms with E-state index in [1.54, 1.807) is 28.5 Å². The number of benzene rings is 12. The van der Waals surface area contributed by atoms with Gasteiger partial charge in [-0.05, 0) is 346 Å². The summed E-state index contributed by atoms with van der Waals surface area (Å²) < 4.78 is 5.73. The minimum Gasteiger partial charge on any atom is -0.327 e. The van der Waals surface area contributed by atoms with Crippen LogP contribution in [0.3, 0.4) is 0 Å². The molecule has 0 spiro atoms. The summed E-state index contributed by atoms with van der Waals surface area (Å²) in [6.45, 7) is 80.9. The average Bonchev–Trinajstić information content (AvgIpc) is 1.52. The zero-order chi connectivity index (χ0) is 106. The van der Waals surface area contributed by atoms with Gasteiger partial charge in [0.25, 0.3) is 11.1 Å². The molecule has 18 aromatic rings. The highest BCUT2D eigenvalue weighted by atomic mass is 16.1. The van der Waals surface area contributed by atoms with Crippen LogP contribution in [0.1, 0.15) is 283 Å². The Balaban J connectivity index is 0.000000178. The van der Waals surface area contributed by atoms with Crippen LogP contribution in [-0.2, 0) is 49.1 Å². The molecule has 12 aromatic carbocycles. The second-order valence-electron chi connectivity index (χ2n) is 47.4. The second-order valence-corrected chi connectivity index (χ2v) is 47.4. The Morgan fingerprint density at radius 3 is 1.13 bits per heavy atom. The molecule has 0 unspecified atom stereocenters. The van der Waals surface area contributed by atoms with Gasteiger partial charge < -0.3 is 13.7 Å². The molecule has 0 N–H and O–H groups in total. The van der Waals surface area contributed by atoms with Crippen molar-refractivity contribution in [1.29, 1.82) is 0 Å². The molecule has 18 rings (SSSR count). The summed E-state index contributed by atoms with van der Waals surface area (Å²) in [7, 11) is 0. The Morgan fingerprint density at radius 1 is 0.245 bits per heavy atom. The van der Waals surface area contributed by atoms with E-state index in [0.29, 0.717) is 0 Å². The molecular formula is C135H164N6O2. The van der Waals surface area contributed by atoms with Crippen molar-refractivity contribution in [3.05, 3.63) is 432 Å². The number of nitrogens with zero attached hydrogens (tertiary/aromatic N) is 6. The van der Waals surface area contributed by atoms with Crippen molar-refractivity contribution in [3.8, 4) is 23.2 Å². The van der Waals surface area contributed by atoms with Crippen LogP contribution in [0.25, 0.3) is 87.1 Å². The van der Waals surface area contributed by atoms with Gasteiger partial charge >= 0.3 is 0 Å². The first-order chi connectivity index (χ1) is 66.7. The van der Waals surface area contributed by atoms with Gasteiger partial charge in [-0.3, -0.25) is 19.6 Å². The minimum absolute atomic E-state index is 0.0414. The quantitative estimate of drug-likeness (QED) is 0.153. The number of aryl methyl sites for hydroxylation is 9. The predicted molar refractivity (Wildman–Crippen MR) is 625 cm³/mol. The minimum atomic E-state index is -0.245. The fourth-order valence-electron chi connectivity index (χ4n) is 17.7. The number of hydrogen-bond acceptors (Lipinski definition) is 5. The van der Waals surface area contributed by atoms with Gasteiger partial charge in [-0.1, -0.05) is 366 Å². The van der Waals surface area contributed by atoms with E-state index in [1.807, 2.05) is 157 Å². The van der Waals surface area contributed by atoms with Crippen LogP contribution in [0.4, 0.5) is 0 Å². The molecule has 746 valence electrons. The van der Waals surface area contributed by atoms with Gasteiger partial charge in [0, 0.05) is 80.9 Å². The number of hydrogen-bond donors (Lipinski definition) is 0. The predicted octanol–water partition coefficient (Wildman–Crippen LogP) is 36.1. The first-order valence-corrected chi connectivity index (χ1v) is 50.8. The number of fused-ring (bicyclic) bond motifs is 7. The monoisotopic (exact) mass is 1900 g/mol. The van der Waals surface area contributed by atoms with E-state index >= 15 is 0 Å². The lowest BCUT2D eigenvalue weighted by Gasteiger charge is -2.24. The van der Waals surface area contributed by atoms with Crippen LogP contribution in [0.15, 0.2) is 332 Å². The lowest BCUT2D eigenvalue weighted by atomic mass is 9.81. The molecular weight excluding hydrogens is 1740 g/mol. The molecule has 0 amide bonds. The summed E-state index contributed by atoms with van der Waals surface area (Å²) in [4.78, 5) is 37.3. The lowest BCUT2D eigenvalue weighted by molar-refractivity contribution is 0.386. The van der Waals surface area contributed by atoms with E-state index in [-0.39, 0.29) is 60.2 Å². The largest absolute Gasteiger partial charge is 0.327 e. The summed E-state index contributed by atoms with van der Waals surface area (Å²) in [5, 5.41) is 15.5. The van der Waals surface area contributed by atoms with E-state index in [9.17, 15) is 9.59 Å². The van der Waals surface area contributed by atoms with Crippen molar-refractivity contribution >= 4 is 75.7 Å². The fourth-order valence-corrected chi connectivity index (χ4v) is 17.7. The van der Waals surface area contributed by atoms with Crippen LogP contribution < -0.4 is 11.1 Å². The van der Waals surface area contributed by atoms with Gasteiger partial charge in [0.15, 0.2) is 0 Å². The van der Waals surface area contributed by atoms with E-state index in [2.05, 4.69) is 433 Å². The molecule has 0 atom stereocenters. The van der Waals surface area contributed by atoms with Crippen molar-refractivity contribution in [1.82, 2.24) is 28.7 Å². The summed E-state index contributed by atoms with van der Waals surface area (Å²) in [6.07, 6.45) is 11.2. The highest BCUT2D eigenvalue weighted by Gasteiger charge is 2.25. The van der Waals surface area contributed by atoms with Gasteiger partial charge in [0.2, 0.25) is 0 Å². The molecule has 0 aliphatic rings. The normalized spacial score (nSPS) is 11.7. The highest BCUT2D eigenvalue weighted by molar-refractivity contribution is 5.91. The van der Waals surface area contributed by atoms with Crippen LogP contribution in [-0.4, -0.2) is 28.7 Å². The standard InChI is InChI=1S/C16H17NO.C16H20.2C15H18.C14H16.C13H15NO.C13H20.C12H18.C11H14N2.C10H8N2/c1-5-8-12-11-17(16(2,3)4)15(18)14-10-7-6-9-13(12)14;1-11-10-15(16(3,4)5)12(2)14-9-7-6-8-13(11)14;1-11-9-13(15(2,3)4)10-12-7-5-6-8-14(11)12;1-11-9-12-7-5-6-8-13(12)10-14(11)15(2,3)4;1-14(2,3)13-9-8-11-6-4-5-7-12(11)10-13;1-13(2,3)14-9-8-10-6-4-5-7-11(10)12(14)15;1-9-7-11(3)12(8-10(9)2)13(4,5)6;1-9-6-10(2)8-11(7-9)12(3,4)5;1-11(2,3)13-8-6-9-5-4-7-12-10(9)13;1-3-7-11-9(5-1)10-6-2-4-8-12-10/h6-7,9-11H,1-4H3;6-10H,1-5H3;2*5-10H,1-4H3;4-10H,1-3H3;4-9H,1-3H3;7-8H,1-6H3;6-8H,1-5H3;4-8H,1-3H3;1-8H. The van der Waals surface area contributed by atoms with Crippen molar-refractivity contribution < 1.29 is 0 Å². The number of aromatic nitrogens is 6. The van der Waals surface area contributed by atoms with Gasteiger partial charge in [-0.15, -0.1) is 5.92 Å². The third kappa shape index (κ3) is 31.6. The molecule has 0 radical (unpaired) electrons. The van der Waals surface area contributed by atoms with Gasteiger partial charge in [-0.25, -0.2) is 4.98 Å². The molecule has 0 bridgehead atoms. The Kier molecular flexibility index (Phi) is 37.8. The van der Waals surface area contributed by atoms with Crippen molar-refractivity contribution in [2.45, 2.75) is 305 Å². The van der Waals surface area contributed by atoms with Gasteiger partial charge in [-0.2, -0.15) is 0 Å². The molecule has 0 fully saturated rings. The van der Waals surface area contributed by atoms with E-state index in [1.165, 1.54) is 132 Å². The van der Waals surface area contributed by atoms with Crippen LogP contribution in [0, 0.1) is 74.2 Å². The first kappa shape index (κ1) is 113. The maximum Gasteiger partial charge on any atom is 0.258 e. The Bertz CT molecular complexity index is 7470. The first-order valence-electron chi connectivity index (χ1n) is 50.8. The molecule has 6 aromatic heterocycles. The Hall–Kier alpha value is -13.4. The lowest BCUT2D eigenvalue weighted by Crippen LogP contribution is -2.33. The molecule has 8 nitrogen and oxygen atoms in total. The highest BCUT2D eigenvalue weighted by Crippen LogP contribution is 2.37. The molecule has 8 heteroatoms. The van der Waals surface area contributed by atoms with E-state index < -0.39 is 0 Å². The van der Waals surface area contributed by atoms with Crippen LogP contribution in [0.5, 0.6) is 0 Å². The third-order valence-corrected chi connectivity index (χ3v) is 25.7. The molecule has 0 aliphatic heterocycles. The molecule has 0 saturated carbocycles. The zero-order valence-corrected chi connectivity index (χ0v) is 93.6. The van der Waals surface area contributed by atoms with Gasteiger partial charge in [0.1, 0.15) is 5.65 Å². The average molecular weight is 1900 g/mol. The van der Waals surface area contributed by atoms with E-state index in [0.717, 1.165) is 44.1 Å². The maximum atomic E-state index is 12.4. The Morgan fingerprint density at radius 2 is 0.622 bits per heavy atom. The molecule has 0 saturated heterocycles. The van der Waals surface area contributed by atoms with Crippen molar-refractivity contribution in [2.75, 3.05) is 0 Å². The number of pyridine rings is 5. The number of rotatable bonds is 1. The fraction of sp³-hybridized carbons (Fsp3) is 0.341. The summed E-state index contributed by atoms with van der Waals surface area (Å²) in [5.41, 5.74) is 26.2. The van der Waals surface area contributed by atoms with Crippen LogP contribution in [0.2, 0.25) is 0 Å². The summed E-state index contributed by atoms with van der Waals surface area (Å²) >= 11 is 0. The van der Waals surface area contributed by atoms with Crippen molar-refractivity contribution in [3.63, 3.8) is 0 Å². The smallest absolute Gasteiger partial charge is 0.258 e. The van der Waals surface area contributed by atoms with E-state index in [4.69, 9.17) is 0 Å². The van der Waals surface area contributed by atoms with Crippen LogP contribution >= 0.6 is 0 Å². The second kappa shape index (κ2) is 47.7. The van der Waals surface area contributed by atoms with Crippen molar-refractivity contribution in [2.24, 2.45) is 0 Å². The third-order valence-electron chi connectivity index (χ3n) is 25.7. The topological polar surface area (TPSA) is 87.6 Å². The SMILES string of the molecule is CC#Cc1cn(C(C)(C)C)c(=O)c2ccccc12.CC(C)(C)c1ccc2ccccc2c1.CC(C)(C)n1ccc2ccccc2c1=O.CC(C)(C)n1ccc2cccnc21.Cc1cc(C(C)(C)C)c(C)c2ccccc12.Cc1cc(C(C)(C)C)cc2ccccc12.Cc1cc(C)c(C(C)(C)C)cc1C.Cc1cc(C)cc(C(C)(C)C)c1.Cc1cc2ccccc2cc1C(C)(C)C.c1ccc(-c2ccccn2)nc1. The molecule has 143 heavy (non-hydrogen) atoms. The molecule has 6 heterocycles. The zero-order valence-electron chi connectivity index (χ0n) is 93.6. The summed E-state index contributed by atoms with van der Waals surface area (Å²) in [5.74, 6) is 5.99. The van der Waals surface area contributed by atoms with Gasteiger partial charge in [0.05, 0.1) is 11.4 Å². The molecule has 0 aliphatic carbocycles. The maximum absolute atomic E-state index is 12.4. The summed E-state index contributed by atoms with van der Waals surface area (Å²) in [6, 6.07) is 99.1.